The van der Waals surface area contributed by atoms with Crippen molar-refractivity contribution in [2.45, 2.75) is 19.4 Å². The SMILES string of the molecule is CCC(C(=O)Nc1ccc(Br)cc1)N(c1ccccc1)S(C)(=O)=O. The Hall–Kier alpha value is -1.86. The molecule has 128 valence electrons. The first-order chi connectivity index (χ1) is 11.3. The Morgan fingerprint density at radius 2 is 1.71 bits per heavy atom. The summed E-state index contributed by atoms with van der Waals surface area (Å²) in [5, 5.41) is 2.78. The van der Waals surface area contributed by atoms with E-state index in [4.69, 9.17) is 0 Å². The minimum atomic E-state index is -3.61. The normalized spacial score (nSPS) is 12.5. The van der Waals surface area contributed by atoms with E-state index in [0.29, 0.717) is 17.8 Å². The van der Waals surface area contributed by atoms with Gasteiger partial charge >= 0.3 is 0 Å². The van der Waals surface area contributed by atoms with Crippen LogP contribution in [0.4, 0.5) is 11.4 Å². The highest BCUT2D eigenvalue weighted by Crippen LogP contribution is 2.23. The average Bonchev–Trinajstić information content (AvgIpc) is 2.54. The van der Waals surface area contributed by atoms with Crippen LogP contribution in [-0.2, 0) is 14.8 Å². The number of hydrogen-bond acceptors (Lipinski definition) is 3. The van der Waals surface area contributed by atoms with Crippen LogP contribution >= 0.6 is 15.9 Å². The second kappa shape index (κ2) is 7.81. The summed E-state index contributed by atoms with van der Waals surface area (Å²) < 4.78 is 26.6. The second-order valence-corrected chi connectivity index (χ2v) is 8.09. The average molecular weight is 411 g/mol. The number of benzene rings is 2. The van der Waals surface area contributed by atoms with E-state index in [0.717, 1.165) is 10.7 Å². The van der Waals surface area contributed by atoms with E-state index < -0.39 is 16.1 Å². The molecular weight excluding hydrogens is 392 g/mol. The number of carbonyl (C=O) groups excluding carboxylic acids is 1. The number of rotatable bonds is 6. The molecule has 0 aromatic heterocycles. The Morgan fingerprint density at radius 3 is 2.21 bits per heavy atom. The predicted octanol–water partition coefficient (Wildman–Crippen LogP) is 3.63. The lowest BCUT2D eigenvalue weighted by molar-refractivity contribution is -0.117. The second-order valence-electron chi connectivity index (χ2n) is 5.31. The first-order valence-electron chi connectivity index (χ1n) is 7.44. The van der Waals surface area contributed by atoms with Gasteiger partial charge in [-0.3, -0.25) is 9.10 Å². The number of sulfonamides is 1. The molecule has 5 nitrogen and oxygen atoms in total. The molecule has 0 aliphatic heterocycles. The summed E-state index contributed by atoms with van der Waals surface area (Å²) in [6.45, 7) is 1.78. The van der Waals surface area contributed by atoms with Crippen molar-refractivity contribution in [2.75, 3.05) is 15.9 Å². The number of nitrogens with zero attached hydrogens (tertiary/aromatic N) is 1. The number of carbonyl (C=O) groups is 1. The Morgan fingerprint density at radius 1 is 1.12 bits per heavy atom. The number of para-hydroxylation sites is 1. The maximum absolute atomic E-state index is 12.7. The highest BCUT2D eigenvalue weighted by atomic mass is 79.9. The van der Waals surface area contributed by atoms with Gasteiger partial charge in [0.2, 0.25) is 15.9 Å². The molecule has 7 heteroatoms. The van der Waals surface area contributed by atoms with Crippen molar-refractivity contribution < 1.29 is 13.2 Å². The number of amides is 1. The topological polar surface area (TPSA) is 66.5 Å². The van der Waals surface area contributed by atoms with Crippen LogP contribution in [0.5, 0.6) is 0 Å². The lowest BCUT2D eigenvalue weighted by Crippen LogP contribution is -2.46. The van der Waals surface area contributed by atoms with E-state index in [2.05, 4.69) is 21.2 Å². The summed E-state index contributed by atoms with van der Waals surface area (Å²) in [4.78, 5) is 12.7. The molecule has 1 unspecified atom stereocenters. The van der Waals surface area contributed by atoms with E-state index >= 15 is 0 Å². The fraction of sp³-hybridized carbons (Fsp3) is 0.235. The summed E-state index contributed by atoms with van der Waals surface area (Å²) in [6.07, 6.45) is 1.46. The molecule has 1 amide bonds. The summed E-state index contributed by atoms with van der Waals surface area (Å²) in [6, 6.07) is 14.9. The zero-order valence-electron chi connectivity index (χ0n) is 13.4. The molecule has 0 saturated carbocycles. The van der Waals surface area contributed by atoms with E-state index in [-0.39, 0.29) is 5.91 Å². The molecule has 0 saturated heterocycles. The zero-order valence-corrected chi connectivity index (χ0v) is 15.8. The fourth-order valence-corrected chi connectivity index (χ4v) is 3.87. The smallest absolute Gasteiger partial charge is 0.248 e. The Bertz CT molecular complexity index is 792. The molecule has 2 aromatic rings. The first-order valence-corrected chi connectivity index (χ1v) is 10.1. The van der Waals surface area contributed by atoms with Crippen LogP contribution in [0.3, 0.4) is 0 Å². The molecule has 0 aliphatic carbocycles. The Kier molecular flexibility index (Phi) is 6.01. The van der Waals surface area contributed by atoms with Crippen LogP contribution in [0, 0.1) is 0 Å². The number of nitrogens with one attached hydrogen (secondary N) is 1. The molecule has 1 N–H and O–H groups in total. The van der Waals surface area contributed by atoms with Crippen LogP contribution < -0.4 is 9.62 Å². The van der Waals surface area contributed by atoms with Gasteiger partial charge in [0.1, 0.15) is 6.04 Å². The monoisotopic (exact) mass is 410 g/mol. The van der Waals surface area contributed by atoms with Crippen LogP contribution in [0.25, 0.3) is 0 Å². The molecular formula is C17H19BrN2O3S. The molecule has 1 atom stereocenters. The molecule has 2 aromatic carbocycles. The van der Waals surface area contributed by atoms with Gasteiger partial charge in [-0.15, -0.1) is 0 Å². The number of hydrogen-bond donors (Lipinski definition) is 1. The van der Waals surface area contributed by atoms with E-state index in [1.54, 1.807) is 49.4 Å². The molecule has 2 rings (SSSR count). The van der Waals surface area contributed by atoms with Gasteiger partial charge in [0.15, 0.2) is 0 Å². The Labute approximate surface area is 150 Å². The zero-order chi connectivity index (χ0) is 17.7. The Balaban J connectivity index is 2.32. The van der Waals surface area contributed by atoms with Gasteiger partial charge < -0.3 is 5.32 Å². The highest BCUT2D eigenvalue weighted by molar-refractivity contribution is 9.10. The van der Waals surface area contributed by atoms with Crippen molar-refractivity contribution in [3.63, 3.8) is 0 Å². The van der Waals surface area contributed by atoms with Gasteiger partial charge in [-0.25, -0.2) is 8.42 Å². The van der Waals surface area contributed by atoms with Gasteiger partial charge in [-0.05, 0) is 42.8 Å². The maximum atomic E-state index is 12.7. The molecule has 24 heavy (non-hydrogen) atoms. The van der Waals surface area contributed by atoms with E-state index in [1.165, 1.54) is 4.31 Å². The number of anilines is 2. The maximum Gasteiger partial charge on any atom is 0.248 e. The van der Waals surface area contributed by atoms with Crippen molar-refractivity contribution >= 4 is 43.2 Å². The van der Waals surface area contributed by atoms with Gasteiger partial charge in [0.05, 0.1) is 11.9 Å². The fourth-order valence-electron chi connectivity index (χ4n) is 2.39. The minimum Gasteiger partial charge on any atom is -0.324 e. The molecule has 0 aliphatic rings. The third-order valence-corrected chi connectivity index (χ3v) is 5.16. The van der Waals surface area contributed by atoms with Crippen molar-refractivity contribution in [3.8, 4) is 0 Å². The molecule has 0 fully saturated rings. The highest BCUT2D eigenvalue weighted by Gasteiger charge is 2.31. The predicted molar refractivity (Wildman–Crippen MR) is 101 cm³/mol. The minimum absolute atomic E-state index is 0.352. The van der Waals surface area contributed by atoms with E-state index in [1.807, 2.05) is 12.1 Å². The largest absolute Gasteiger partial charge is 0.324 e. The number of halogens is 1. The van der Waals surface area contributed by atoms with Gasteiger partial charge in [0.25, 0.3) is 0 Å². The lowest BCUT2D eigenvalue weighted by Gasteiger charge is -2.30. The van der Waals surface area contributed by atoms with Gasteiger partial charge in [-0.1, -0.05) is 41.1 Å². The first kappa shape index (κ1) is 18.5. The molecule has 0 spiro atoms. The van der Waals surface area contributed by atoms with Crippen molar-refractivity contribution in [1.29, 1.82) is 0 Å². The standard InChI is InChI=1S/C17H19BrN2O3S/c1-3-16(17(21)19-14-11-9-13(18)10-12-14)20(24(2,22)23)15-7-5-4-6-8-15/h4-12,16H,3H2,1-2H3,(H,19,21). The summed E-state index contributed by atoms with van der Waals surface area (Å²) in [5.74, 6) is -0.367. The van der Waals surface area contributed by atoms with Crippen LogP contribution in [0.1, 0.15) is 13.3 Å². The summed E-state index contributed by atoms with van der Waals surface area (Å²) in [7, 11) is -3.61. The third kappa shape index (κ3) is 4.58. The van der Waals surface area contributed by atoms with Crippen LogP contribution in [-0.4, -0.2) is 26.6 Å². The summed E-state index contributed by atoms with van der Waals surface area (Å²) in [5.41, 5.74) is 1.08. The molecule has 0 heterocycles. The van der Waals surface area contributed by atoms with Crippen molar-refractivity contribution in [3.05, 3.63) is 59.1 Å². The third-order valence-electron chi connectivity index (χ3n) is 3.45. The summed E-state index contributed by atoms with van der Waals surface area (Å²) >= 11 is 3.33. The molecule has 0 bridgehead atoms. The van der Waals surface area contributed by atoms with E-state index in [9.17, 15) is 13.2 Å². The van der Waals surface area contributed by atoms with Crippen LogP contribution in [0.15, 0.2) is 59.1 Å². The lowest BCUT2D eigenvalue weighted by atomic mass is 10.2. The van der Waals surface area contributed by atoms with Gasteiger partial charge in [0, 0.05) is 10.2 Å². The van der Waals surface area contributed by atoms with Gasteiger partial charge in [-0.2, -0.15) is 0 Å². The van der Waals surface area contributed by atoms with Crippen LogP contribution in [0.2, 0.25) is 0 Å². The van der Waals surface area contributed by atoms with Crippen molar-refractivity contribution in [2.24, 2.45) is 0 Å². The molecule has 0 radical (unpaired) electrons. The quantitative estimate of drug-likeness (QED) is 0.790. The van der Waals surface area contributed by atoms with Crippen molar-refractivity contribution in [1.82, 2.24) is 0 Å².